The molecule has 0 spiro atoms. The molecule has 1 rings (SSSR count). The van der Waals surface area contributed by atoms with Crippen LogP contribution in [-0.4, -0.2) is 5.91 Å². The lowest BCUT2D eigenvalue weighted by Gasteiger charge is -2.13. The Morgan fingerprint density at radius 2 is 1.94 bits per heavy atom. The first-order chi connectivity index (χ1) is 7.34. The molecule has 1 aromatic rings. The van der Waals surface area contributed by atoms with Crippen molar-refractivity contribution in [2.45, 2.75) is 12.5 Å². The van der Waals surface area contributed by atoms with E-state index >= 15 is 0 Å². The average Bonchev–Trinajstić information content (AvgIpc) is 2.13. The molecule has 88 valence electrons. The van der Waals surface area contributed by atoms with E-state index < -0.39 is 41.4 Å². The van der Waals surface area contributed by atoms with Gasteiger partial charge in [0, 0.05) is 18.0 Å². The van der Waals surface area contributed by atoms with Crippen LogP contribution in [0.15, 0.2) is 10.5 Å². The number of halogens is 4. The topological polar surface area (TPSA) is 69.1 Å². The van der Waals surface area contributed by atoms with Crippen molar-refractivity contribution in [1.82, 2.24) is 0 Å². The zero-order chi connectivity index (χ0) is 12.5. The van der Waals surface area contributed by atoms with Gasteiger partial charge in [-0.15, -0.1) is 0 Å². The number of rotatable bonds is 3. The minimum absolute atomic E-state index is 0.350. The number of benzene rings is 1. The molecule has 0 fully saturated rings. The van der Waals surface area contributed by atoms with Crippen LogP contribution in [0.2, 0.25) is 0 Å². The molecule has 0 saturated carbocycles. The Labute approximate surface area is 97.7 Å². The van der Waals surface area contributed by atoms with E-state index in [0.717, 1.165) is 6.07 Å². The molecule has 7 heteroatoms. The Kier molecular flexibility index (Phi) is 3.93. The monoisotopic (exact) mass is 296 g/mol. The van der Waals surface area contributed by atoms with Crippen LogP contribution in [-0.2, 0) is 4.79 Å². The van der Waals surface area contributed by atoms with Crippen LogP contribution in [0.4, 0.5) is 13.2 Å². The molecule has 0 radical (unpaired) electrons. The largest absolute Gasteiger partial charge is 0.370 e. The minimum atomic E-state index is -1.42. The van der Waals surface area contributed by atoms with E-state index in [1.807, 2.05) is 0 Å². The molecule has 1 aromatic carbocycles. The highest BCUT2D eigenvalue weighted by Crippen LogP contribution is 2.28. The zero-order valence-electron chi connectivity index (χ0n) is 7.94. The third-order valence-electron chi connectivity index (χ3n) is 1.94. The van der Waals surface area contributed by atoms with Gasteiger partial charge in [-0.3, -0.25) is 4.79 Å². The second-order valence-corrected chi connectivity index (χ2v) is 4.01. The number of carbonyl (C=O) groups excluding carboxylic acids is 1. The fourth-order valence-corrected chi connectivity index (χ4v) is 1.61. The Balaban J connectivity index is 3.23. The van der Waals surface area contributed by atoms with Gasteiger partial charge in [0.2, 0.25) is 5.91 Å². The third kappa shape index (κ3) is 2.53. The molecule has 0 aliphatic heterocycles. The highest BCUT2D eigenvalue weighted by Gasteiger charge is 2.23. The first kappa shape index (κ1) is 13.0. The molecular weight excluding hydrogens is 289 g/mol. The fourth-order valence-electron chi connectivity index (χ4n) is 1.24. The Hall–Kier alpha value is -1.08. The summed E-state index contributed by atoms with van der Waals surface area (Å²) in [6, 6.07) is -0.561. The van der Waals surface area contributed by atoms with Crippen LogP contribution in [0.3, 0.4) is 0 Å². The normalized spacial score (nSPS) is 12.6. The van der Waals surface area contributed by atoms with Gasteiger partial charge in [-0.05, 0) is 22.0 Å². The quantitative estimate of drug-likeness (QED) is 0.659. The third-order valence-corrected chi connectivity index (χ3v) is 2.52. The van der Waals surface area contributed by atoms with Crippen molar-refractivity contribution < 1.29 is 18.0 Å². The lowest BCUT2D eigenvalue weighted by Crippen LogP contribution is -2.23. The lowest BCUT2D eigenvalue weighted by atomic mass is 10.0. The summed E-state index contributed by atoms with van der Waals surface area (Å²) in [6.07, 6.45) is -0.463. The van der Waals surface area contributed by atoms with Crippen LogP contribution in [0.1, 0.15) is 18.0 Å². The maximum absolute atomic E-state index is 13.3. The molecule has 0 saturated heterocycles. The SMILES string of the molecule is NC(=O)CC(N)c1c(F)cc(Br)c(F)c1F. The van der Waals surface area contributed by atoms with Gasteiger partial charge in [0.05, 0.1) is 4.47 Å². The van der Waals surface area contributed by atoms with Gasteiger partial charge < -0.3 is 11.5 Å². The van der Waals surface area contributed by atoms with Crippen LogP contribution in [0, 0.1) is 17.5 Å². The molecule has 0 aliphatic rings. The van der Waals surface area contributed by atoms with Gasteiger partial charge in [-0.25, -0.2) is 13.2 Å². The van der Waals surface area contributed by atoms with Crippen LogP contribution >= 0.6 is 15.9 Å². The fraction of sp³-hybridized carbons (Fsp3) is 0.222. The van der Waals surface area contributed by atoms with Crippen molar-refractivity contribution >= 4 is 21.8 Å². The number of primary amides is 1. The van der Waals surface area contributed by atoms with E-state index in [9.17, 15) is 18.0 Å². The van der Waals surface area contributed by atoms with Crippen molar-refractivity contribution in [1.29, 1.82) is 0 Å². The molecule has 1 atom stereocenters. The van der Waals surface area contributed by atoms with Crippen LogP contribution < -0.4 is 11.5 Å². The first-order valence-corrected chi connectivity index (χ1v) is 5.00. The van der Waals surface area contributed by atoms with Crippen molar-refractivity contribution in [3.8, 4) is 0 Å². The highest BCUT2D eigenvalue weighted by molar-refractivity contribution is 9.10. The first-order valence-electron chi connectivity index (χ1n) is 4.21. The van der Waals surface area contributed by atoms with Gasteiger partial charge in [-0.2, -0.15) is 0 Å². The molecule has 16 heavy (non-hydrogen) atoms. The zero-order valence-corrected chi connectivity index (χ0v) is 9.52. The molecule has 0 aliphatic carbocycles. The number of carbonyl (C=O) groups is 1. The van der Waals surface area contributed by atoms with Gasteiger partial charge in [0.15, 0.2) is 11.6 Å². The van der Waals surface area contributed by atoms with E-state index in [-0.39, 0.29) is 4.47 Å². The number of nitrogens with two attached hydrogens (primary N) is 2. The summed E-state index contributed by atoms with van der Waals surface area (Å²) in [5.74, 6) is -4.52. The van der Waals surface area contributed by atoms with Gasteiger partial charge in [0.25, 0.3) is 0 Å². The smallest absolute Gasteiger partial charge is 0.219 e. The van der Waals surface area contributed by atoms with Crippen LogP contribution in [0.5, 0.6) is 0 Å². The molecular formula is C9H8BrF3N2O. The summed E-state index contributed by atoms with van der Waals surface area (Å²) in [7, 11) is 0. The molecule has 1 amide bonds. The minimum Gasteiger partial charge on any atom is -0.370 e. The summed E-state index contributed by atoms with van der Waals surface area (Å²) < 4.78 is 39.4. The second-order valence-electron chi connectivity index (χ2n) is 3.16. The second kappa shape index (κ2) is 4.84. The molecule has 1 unspecified atom stereocenters. The van der Waals surface area contributed by atoms with Gasteiger partial charge in [0.1, 0.15) is 5.82 Å². The number of hydrogen-bond donors (Lipinski definition) is 2. The Bertz CT molecular complexity index is 439. The molecule has 0 aromatic heterocycles. The lowest BCUT2D eigenvalue weighted by molar-refractivity contribution is -0.118. The van der Waals surface area contributed by atoms with Crippen LogP contribution in [0.25, 0.3) is 0 Å². The highest BCUT2D eigenvalue weighted by atomic mass is 79.9. The predicted octanol–water partition coefficient (Wildman–Crippen LogP) is 1.74. The van der Waals surface area contributed by atoms with E-state index in [4.69, 9.17) is 11.5 Å². The van der Waals surface area contributed by atoms with E-state index in [1.165, 1.54) is 0 Å². The van der Waals surface area contributed by atoms with Crippen molar-refractivity contribution in [3.63, 3.8) is 0 Å². The Morgan fingerprint density at radius 3 is 2.44 bits per heavy atom. The van der Waals surface area contributed by atoms with E-state index in [1.54, 1.807) is 0 Å². The molecule has 4 N–H and O–H groups in total. The van der Waals surface area contributed by atoms with Crippen molar-refractivity contribution in [3.05, 3.63) is 33.6 Å². The number of amides is 1. The average molecular weight is 297 g/mol. The predicted molar refractivity (Wildman–Crippen MR) is 54.8 cm³/mol. The maximum Gasteiger partial charge on any atom is 0.219 e. The van der Waals surface area contributed by atoms with Gasteiger partial charge >= 0.3 is 0 Å². The molecule has 0 heterocycles. The summed E-state index contributed by atoms with van der Waals surface area (Å²) in [5.41, 5.74) is 9.50. The summed E-state index contributed by atoms with van der Waals surface area (Å²) in [4.78, 5) is 10.6. The van der Waals surface area contributed by atoms with Crippen molar-refractivity contribution in [2.75, 3.05) is 0 Å². The molecule has 3 nitrogen and oxygen atoms in total. The van der Waals surface area contributed by atoms with Crippen molar-refractivity contribution in [2.24, 2.45) is 11.5 Å². The van der Waals surface area contributed by atoms with E-state index in [0.29, 0.717) is 0 Å². The summed E-state index contributed by atoms with van der Waals surface area (Å²) in [5, 5.41) is 0. The number of hydrogen-bond acceptors (Lipinski definition) is 2. The summed E-state index contributed by atoms with van der Waals surface area (Å²) >= 11 is 2.64. The Morgan fingerprint density at radius 1 is 1.38 bits per heavy atom. The van der Waals surface area contributed by atoms with Gasteiger partial charge in [-0.1, -0.05) is 0 Å². The maximum atomic E-state index is 13.3. The standard InChI is InChI=1S/C9H8BrF3N2O/c10-3-1-4(11)7(9(13)8(3)12)5(14)2-6(15)16/h1,5H,2,14H2,(H2,15,16). The summed E-state index contributed by atoms with van der Waals surface area (Å²) in [6.45, 7) is 0. The van der Waals surface area contributed by atoms with E-state index in [2.05, 4.69) is 15.9 Å². The molecule has 0 bridgehead atoms.